The van der Waals surface area contributed by atoms with Crippen LogP contribution >= 0.6 is 24.8 Å². The van der Waals surface area contributed by atoms with Gasteiger partial charge in [0, 0.05) is 0 Å². The molecule has 0 bridgehead atoms. The van der Waals surface area contributed by atoms with Crippen LogP contribution in [0.15, 0.2) is 54.1 Å². The molecule has 0 N–H and O–H groups in total. The van der Waals surface area contributed by atoms with E-state index in [4.69, 9.17) is 0 Å². The fraction of sp³-hybridized carbons (Fsp3) is 0.125. The summed E-state index contributed by atoms with van der Waals surface area (Å²) in [5, 5.41) is 0. The molecule has 0 amide bonds. The van der Waals surface area contributed by atoms with Crippen molar-refractivity contribution in [2.45, 2.75) is 10.5 Å². The van der Waals surface area contributed by atoms with Gasteiger partial charge in [0.25, 0.3) is 0 Å². The first kappa shape index (κ1) is 16.7. The van der Waals surface area contributed by atoms with Crippen LogP contribution in [0.25, 0.3) is 17.2 Å². The Balaban J connectivity index is 0.000000902. The molecule has 0 heterocycles. The van der Waals surface area contributed by atoms with E-state index >= 15 is 0 Å². The molecule has 0 aromatic heterocycles. The van der Waals surface area contributed by atoms with Gasteiger partial charge in [0.2, 0.25) is 0 Å². The van der Waals surface area contributed by atoms with Crippen molar-refractivity contribution in [1.82, 2.24) is 0 Å². The minimum Gasteiger partial charge on any atom is -0.147 e. The van der Waals surface area contributed by atoms with Gasteiger partial charge < -0.3 is 0 Å². The Morgan fingerprint density at radius 2 is 1.58 bits per heavy atom. The predicted octanol–water partition coefficient (Wildman–Crippen LogP) is 5.20. The van der Waals surface area contributed by atoms with E-state index < -0.39 is 0 Å². The summed E-state index contributed by atoms with van der Waals surface area (Å²) < 4.78 is 0.654. The molecular weight excluding hydrogens is 354 g/mol. The quantitative estimate of drug-likeness (QED) is 0.648. The molecule has 0 spiro atoms. The maximum atomic E-state index is 2.36. The van der Waals surface area contributed by atoms with Crippen LogP contribution in [-0.4, -0.2) is 0 Å². The molecule has 19 heavy (non-hydrogen) atoms. The first-order valence-electron chi connectivity index (χ1n) is 5.85. The van der Waals surface area contributed by atoms with E-state index in [1.807, 2.05) is 0 Å². The average Bonchev–Trinajstić information content (AvgIpc) is 2.67. The monoisotopic (exact) mass is 367 g/mol. The van der Waals surface area contributed by atoms with Crippen molar-refractivity contribution in [3.05, 3.63) is 65.2 Å². The standard InChI is InChI=1S/C16H13.2ClH.Zr/c1-12-10-14-8-5-9-15(16(14)11-12)13-6-3-2-4-7-13;;;/h2-11H,1H3;2*1H;. The Hall–Kier alpha value is -0.357. The van der Waals surface area contributed by atoms with Gasteiger partial charge >= 0.3 is 118 Å². The van der Waals surface area contributed by atoms with Crippen LogP contribution in [0.4, 0.5) is 0 Å². The number of halogens is 2. The summed E-state index contributed by atoms with van der Waals surface area (Å²) in [5.74, 6) is 0. The van der Waals surface area contributed by atoms with Gasteiger partial charge in [0.15, 0.2) is 0 Å². The van der Waals surface area contributed by atoms with Crippen LogP contribution < -0.4 is 0 Å². The van der Waals surface area contributed by atoms with Gasteiger partial charge in [-0.2, -0.15) is 0 Å². The van der Waals surface area contributed by atoms with Crippen molar-refractivity contribution in [2.75, 3.05) is 0 Å². The minimum absolute atomic E-state index is 0. The summed E-state index contributed by atoms with van der Waals surface area (Å²) in [6.45, 7) is 2.24. The van der Waals surface area contributed by atoms with E-state index in [1.54, 1.807) is 24.7 Å². The van der Waals surface area contributed by atoms with Gasteiger partial charge in [-0.3, -0.25) is 0 Å². The number of rotatable bonds is 1. The summed E-state index contributed by atoms with van der Waals surface area (Å²) >= 11 is 1.58. The number of hydrogen-bond donors (Lipinski definition) is 0. The summed E-state index contributed by atoms with van der Waals surface area (Å²) in [7, 11) is 0. The maximum Gasteiger partial charge on any atom is -0.147 e. The molecule has 1 aliphatic rings. The third-order valence-corrected chi connectivity index (χ3v) is 5.25. The van der Waals surface area contributed by atoms with Crippen molar-refractivity contribution in [1.29, 1.82) is 0 Å². The number of allylic oxidation sites excluding steroid dienone is 1. The normalized spacial score (nSPS) is 15.8. The molecule has 0 saturated carbocycles. The molecule has 0 aliphatic heterocycles. The molecule has 3 heteroatoms. The fourth-order valence-electron chi connectivity index (χ4n) is 2.42. The van der Waals surface area contributed by atoms with Crippen LogP contribution in [0.5, 0.6) is 0 Å². The third-order valence-electron chi connectivity index (χ3n) is 3.36. The summed E-state index contributed by atoms with van der Waals surface area (Å²) in [5.41, 5.74) is 7.12. The molecule has 0 fully saturated rings. The Morgan fingerprint density at radius 1 is 0.895 bits per heavy atom. The van der Waals surface area contributed by atoms with Crippen LogP contribution in [0.1, 0.15) is 21.7 Å². The van der Waals surface area contributed by atoms with E-state index in [-0.39, 0.29) is 24.8 Å². The van der Waals surface area contributed by atoms with Crippen LogP contribution in [0, 0.1) is 0 Å². The van der Waals surface area contributed by atoms with Gasteiger partial charge in [-0.15, -0.1) is 24.8 Å². The van der Waals surface area contributed by atoms with Gasteiger partial charge in [-0.25, -0.2) is 0 Å². The predicted molar refractivity (Wildman–Crippen MR) is 82.8 cm³/mol. The first-order valence-corrected chi connectivity index (χ1v) is 7.27. The Bertz CT molecular complexity index is 591. The van der Waals surface area contributed by atoms with Gasteiger partial charge in [-0.1, -0.05) is 0 Å². The fourth-order valence-corrected chi connectivity index (χ4v) is 3.25. The van der Waals surface area contributed by atoms with E-state index in [0.29, 0.717) is 3.63 Å². The molecular formula is C16H15Cl2Zr. The van der Waals surface area contributed by atoms with E-state index in [0.717, 1.165) is 0 Å². The van der Waals surface area contributed by atoms with Crippen LogP contribution in [-0.2, 0) is 24.7 Å². The Labute approximate surface area is 142 Å². The van der Waals surface area contributed by atoms with Crippen molar-refractivity contribution in [2.24, 2.45) is 0 Å². The van der Waals surface area contributed by atoms with E-state index in [1.165, 1.54) is 27.8 Å². The van der Waals surface area contributed by atoms with Crippen LogP contribution in [0.2, 0.25) is 0 Å². The van der Waals surface area contributed by atoms with E-state index in [9.17, 15) is 0 Å². The van der Waals surface area contributed by atoms with E-state index in [2.05, 4.69) is 61.5 Å². The number of hydrogen-bond acceptors (Lipinski definition) is 0. The summed E-state index contributed by atoms with van der Waals surface area (Å²) in [4.78, 5) is 0. The third kappa shape index (κ3) is 3.05. The molecule has 1 aliphatic carbocycles. The number of benzene rings is 2. The largest absolute Gasteiger partial charge is 0.147 e. The molecule has 1 unspecified atom stereocenters. The zero-order valence-electron chi connectivity index (χ0n) is 10.6. The zero-order chi connectivity index (χ0) is 11.8. The van der Waals surface area contributed by atoms with Crippen molar-refractivity contribution in [3.63, 3.8) is 0 Å². The second-order valence-electron chi connectivity index (χ2n) is 4.50. The molecule has 97 valence electrons. The molecule has 1 atom stereocenters. The summed E-state index contributed by atoms with van der Waals surface area (Å²) in [6, 6.07) is 17.3. The number of fused-ring (bicyclic) bond motifs is 1. The topological polar surface area (TPSA) is 0 Å². The molecule has 2 aromatic rings. The van der Waals surface area contributed by atoms with Crippen molar-refractivity contribution >= 4 is 30.9 Å². The Morgan fingerprint density at radius 3 is 2.26 bits per heavy atom. The maximum absolute atomic E-state index is 2.36. The molecule has 2 aromatic carbocycles. The SMILES string of the molecule is CC1=Cc2c(-c3ccccc3)cccc2[CH]1[Zr].Cl.Cl. The second-order valence-corrected chi connectivity index (χ2v) is 5.92. The molecule has 0 nitrogen and oxygen atoms in total. The van der Waals surface area contributed by atoms with Gasteiger partial charge in [-0.05, 0) is 0 Å². The van der Waals surface area contributed by atoms with Crippen LogP contribution in [0.3, 0.4) is 0 Å². The molecule has 3 rings (SSSR count). The van der Waals surface area contributed by atoms with Gasteiger partial charge in [0.05, 0.1) is 0 Å². The van der Waals surface area contributed by atoms with Crippen molar-refractivity contribution < 1.29 is 24.7 Å². The smallest absolute Gasteiger partial charge is 0.147 e. The molecule has 0 saturated heterocycles. The minimum atomic E-state index is 0. The molecule has 0 radical (unpaired) electrons. The average molecular weight is 369 g/mol. The van der Waals surface area contributed by atoms with Gasteiger partial charge in [0.1, 0.15) is 0 Å². The summed E-state index contributed by atoms with van der Waals surface area (Å²) in [6.07, 6.45) is 2.36. The Kier molecular flexibility index (Phi) is 6.05. The second kappa shape index (κ2) is 6.88. The first-order chi connectivity index (χ1) is 8.27. The van der Waals surface area contributed by atoms with Crippen molar-refractivity contribution in [3.8, 4) is 11.1 Å². The zero-order valence-corrected chi connectivity index (χ0v) is 14.7.